The largest absolute Gasteiger partial charge is 0.463 e. The number of halogens is 1. The lowest BCUT2D eigenvalue weighted by molar-refractivity contribution is -0.141. The van der Waals surface area contributed by atoms with E-state index in [1.165, 1.54) is 6.07 Å². The summed E-state index contributed by atoms with van der Waals surface area (Å²) in [5, 5.41) is 0. The van der Waals surface area contributed by atoms with E-state index in [0.717, 1.165) is 24.6 Å². The van der Waals surface area contributed by atoms with Crippen molar-refractivity contribution < 1.29 is 18.7 Å². The van der Waals surface area contributed by atoms with Crippen LogP contribution in [-0.2, 0) is 14.3 Å². The zero-order chi connectivity index (χ0) is 13.9. The molecule has 0 aliphatic rings. The molecule has 0 atom stereocenters. The highest BCUT2D eigenvalue weighted by Crippen LogP contribution is 2.20. The number of benzene rings is 1. The lowest BCUT2D eigenvalue weighted by Crippen LogP contribution is -2.12. The molecule has 19 heavy (non-hydrogen) atoms. The van der Waals surface area contributed by atoms with Crippen molar-refractivity contribution in [2.24, 2.45) is 0 Å². The minimum absolute atomic E-state index is 0.107. The fourth-order valence-corrected chi connectivity index (χ4v) is 2.04. The predicted molar refractivity (Wildman–Crippen MR) is 73.8 cm³/mol. The quantitative estimate of drug-likeness (QED) is 0.396. The zero-order valence-electron chi connectivity index (χ0n) is 11.1. The highest BCUT2D eigenvalue weighted by molar-refractivity contribution is 8.00. The summed E-state index contributed by atoms with van der Waals surface area (Å²) in [6.45, 7) is 3.44. The van der Waals surface area contributed by atoms with Gasteiger partial charge < -0.3 is 9.47 Å². The number of unbranched alkanes of at least 4 members (excludes halogenated alkanes) is 1. The van der Waals surface area contributed by atoms with Gasteiger partial charge in [0.2, 0.25) is 0 Å². The monoisotopic (exact) mass is 286 g/mol. The van der Waals surface area contributed by atoms with E-state index in [1.54, 1.807) is 18.2 Å². The van der Waals surface area contributed by atoms with Crippen LogP contribution in [0.4, 0.5) is 4.39 Å². The molecule has 106 valence electrons. The van der Waals surface area contributed by atoms with Gasteiger partial charge in [-0.1, -0.05) is 25.5 Å². The minimum Gasteiger partial charge on any atom is -0.463 e. The van der Waals surface area contributed by atoms with Crippen LogP contribution in [0.1, 0.15) is 19.8 Å². The molecule has 0 saturated carbocycles. The summed E-state index contributed by atoms with van der Waals surface area (Å²) in [6.07, 6.45) is 2.09. The van der Waals surface area contributed by atoms with Crippen molar-refractivity contribution in [3.05, 3.63) is 30.1 Å². The molecule has 5 heteroatoms. The maximum absolute atomic E-state index is 13.3. The van der Waals surface area contributed by atoms with Crippen LogP contribution in [-0.4, -0.2) is 31.5 Å². The van der Waals surface area contributed by atoms with Crippen molar-refractivity contribution in [2.75, 3.05) is 25.6 Å². The number of rotatable bonds is 9. The van der Waals surface area contributed by atoms with Crippen LogP contribution in [0.5, 0.6) is 0 Å². The van der Waals surface area contributed by atoms with Gasteiger partial charge >= 0.3 is 5.97 Å². The molecular weight excluding hydrogens is 267 g/mol. The molecule has 1 rings (SSSR count). The molecule has 0 aliphatic carbocycles. The van der Waals surface area contributed by atoms with Gasteiger partial charge in [0.05, 0.1) is 12.4 Å². The standard InChI is InChI=1S/C14H19FO3S/c1-2-3-8-17-9-10-18-14(16)11-19-13-7-5-4-6-12(13)15/h4-7H,2-3,8-11H2,1H3. The van der Waals surface area contributed by atoms with E-state index in [9.17, 15) is 9.18 Å². The smallest absolute Gasteiger partial charge is 0.316 e. The van der Waals surface area contributed by atoms with E-state index in [-0.39, 0.29) is 24.1 Å². The molecule has 0 amide bonds. The van der Waals surface area contributed by atoms with E-state index in [1.807, 2.05) is 0 Å². The molecule has 0 radical (unpaired) electrons. The van der Waals surface area contributed by atoms with Crippen LogP contribution in [0.15, 0.2) is 29.2 Å². The van der Waals surface area contributed by atoms with Crippen LogP contribution in [0.3, 0.4) is 0 Å². The zero-order valence-corrected chi connectivity index (χ0v) is 11.9. The highest BCUT2D eigenvalue weighted by atomic mass is 32.2. The molecule has 1 aromatic carbocycles. The molecule has 0 heterocycles. The van der Waals surface area contributed by atoms with Crippen LogP contribution < -0.4 is 0 Å². The topological polar surface area (TPSA) is 35.5 Å². The number of carbonyl (C=O) groups is 1. The van der Waals surface area contributed by atoms with E-state index in [2.05, 4.69) is 6.92 Å². The molecule has 0 bridgehead atoms. The molecule has 0 spiro atoms. The summed E-state index contributed by atoms with van der Waals surface area (Å²) in [7, 11) is 0. The number of thioether (sulfide) groups is 1. The number of esters is 1. The lowest BCUT2D eigenvalue weighted by Gasteiger charge is -2.06. The van der Waals surface area contributed by atoms with Crippen LogP contribution in [0.25, 0.3) is 0 Å². The van der Waals surface area contributed by atoms with E-state index < -0.39 is 0 Å². The van der Waals surface area contributed by atoms with Crippen molar-refractivity contribution in [1.82, 2.24) is 0 Å². The third-order valence-electron chi connectivity index (χ3n) is 2.32. The van der Waals surface area contributed by atoms with Crippen molar-refractivity contribution >= 4 is 17.7 Å². The molecule has 0 saturated heterocycles. The fourth-order valence-electron chi connectivity index (χ4n) is 1.30. The van der Waals surface area contributed by atoms with Crippen LogP contribution in [0, 0.1) is 5.82 Å². The fraction of sp³-hybridized carbons (Fsp3) is 0.500. The van der Waals surface area contributed by atoms with E-state index in [4.69, 9.17) is 9.47 Å². The summed E-state index contributed by atoms with van der Waals surface area (Å²) in [5.41, 5.74) is 0. The van der Waals surface area contributed by atoms with E-state index in [0.29, 0.717) is 18.1 Å². The first kappa shape index (κ1) is 16.0. The minimum atomic E-state index is -0.354. The van der Waals surface area contributed by atoms with Crippen molar-refractivity contribution in [1.29, 1.82) is 0 Å². The van der Waals surface area contributed by atoms with Gasteiger partial charge in [0.1, 0.15) is 12.4 Å². The van der Waals surface area contributed by atoms with Gasteiger partial charge in [0.25, 0.3) is 0 Å². The summed E-state index contributed by atoms with van der Waals surface area (Å²) in [5.74, 6) is -0.564. The van der Waals surface area contributed by atoms with Gasteiger partial charge in [-0.05, 0) is 18.6 Å². The molecule has 3 nitrogen and oxygen atoms in total. The van der Waals surface area contributed by atoms with Crippen molar-refractivity contribution in [3.63, 3.8) is 0 Å². The maximum Gasteiger partial charge on any atom is 0.316 e. The lowest BCUT2D eigenvalue weighted by atomic mass is 10.3. The number of hydrogen-bond donors (Lipinski definition) is 0. The number of carbonyl (C=O) groups excluding carboxylic acids is 1. The Balaban J connectivity index is 2.10. The Morgan fingerprint density at radius 2 is 2.05 bits per heavy atom. The van der Waals surface area contributed by atoms with Gasteiger partial charge in [0, 0.05) is 11.5 Å². The first-order valence-electron chi connectivity index (χ1n) is 6.34. The Morgan fingerprint density at radius 1 is 1.26 bits per heavy atom. The predicted octanol–water partition coefficient (Wildman–Crippen LogP) is 3.28. The van der Waals surface area contributed by atoms with Crippen molar-refractivity contribution in [3.8, 4) is 0 Å². The second kappa shape index (κ2) is 9.81. The summed E-state index contributed by atoms with van der Waals surface area (Å²) in [4.78, 5) is 11.9. The molecule has 0 N–H and O–H groups in total. The highest BCUT2D eigenvalue weighted by Gasteiger charge is 2.07. The Morgan fingerprint density at radius 3 is 2.79 bits per heavy atom. The third-order valence-corrected chi connectivity index (χ3v) is 3.34. The number of hydrogen-bond acceptors (Lipinski definition) is 4. The first-order chi connectivity index (χ1) is 9.24. The normalized spacial score (nSPS) is 10.4. The second-order valence-electron chi connectivity index (χ2n) is 3.91. The Labute approximate surface area is 117 Å². The Kier molecular flexibility index (Phi) is 8.25. The molecular formula is C14H19FO3S. The molecule has 1 aromatic rings. The van der Waals surface area contributed by atoms with Gasteiger partial charge in [0.15, 0.2) is 0 Å². The Hall–Kier alpha value is -1.07. The van der Waals surface area contributed by atoms with E-state index >= 15 is 0 Å². The summed E-state index contributed by atoms with van der Waals surface area (Å²) < 4.78 is 23.5. The molecule has 0 fully saturated rings. The van der Waals surface area contributed by atoms with Gasteiger partial charge in [-0.25, -0.2) is 4.39 Å². The molecule has 0 unspecified atom stereocenters. The summed E-state index contributed by atoms with van der Waals surface area (Å²) in [6, 6.07) is 6.36. The summed E-state index contributed by atoms with van der Waals surface area (Å²) >= 11 is 1.14. The maximum atomic E-state index is 13.3. The van der Waals surface area contributed by atoms with Gasteiger partial charge in [-0.2, -0.15) is 0 Å². The van der Waals surface area contributed by atoms with Gasteiger partial charge in [-0.15, -0.1) is 11.8 Å². The van der Waals surface area contributed by atoms with Crippen molar-refractivity contribution in [2.45, 2.75) is 24.7 Å². The first-order valence-corrected chi connectivity index (χ1v) is 7.33. The van der Waals surface area contributed by atoms with Gasteiger partial charge in [-0.3, -0.25) is 4.79 Å². The van der Waals surface area contributed by atoms with Crippen LogP contribution >= 0.6 is 11.8 Å². The second-order valence-corrected chi connectivity index (χ2v) is 4.92. The third kappa shape index (κ3) is 7.18. The Bertz CT molecular complexity index is 385. The average Bonchev–Trinajstić information content (AvgIpc) is 2.42. The van der Waals surface area contributed by atoms with Crippen LogP contribution in [0.2, 0.25) is 0 Å². The molecule has 0 aliphatic heterocycles. The average molecular weight is 286 g/mol. The SMILES string of the molecule is CCCCOCCOC(=O)CSc1ccccc1F. The number of ether oxygens (including phenoxy) is 2. The molecule has 0 aromatic heterocycles.